The Bertz CT molecular complexity index is 209. The molecule has 2 aliphatic rings. The number of allylic oxidation sites excluding steroid dienone is 1. The lowest BCUT2D eigenvalue weighted by molar-refractivity contribution is 0.433. The summed E-state index contributed by atoms with van der Waals surface area (Å²) >= 11 is 0. The van der Waals surface area contributed by atoms with Crippen LogP contribution in [0, 0.1) is 11.8 Å². The molecule has 0 aromatic heterocycles. The van der Waals surface area contributed by atoms with E-state index in [0.717, 1.165) is 5.92 Å². The number of aliphatic imine (C=N–C) groups is 1. The van der Waals surface area contributed by atoms with Gasteiger partial charge in [0.25, 0.3) is 0 Å². The molecule has 0 aromatic carbocycles. The molecule has 1 heterocycles. The Labute approximate surface area is 74.6 Å². The highest BCUT2D eigenvalue weighted by molar-refractivity contribution is 5.92. The smallest absolute Gasteiger partial charge is 0.0276 e. The van der Waals surface area contributed by atoms with E-state index in [0.29, 0.717) is 5.92 Å². The molecule has 1 fully saturated rings. The second-order valence-corrected chi connectivity index (χ2v) is 4.02. The Hall–Kier alpha value is -0.590. The Morgan fingerprint density at radius 3 is 2.58 bits per heavy atom. The van der Waals surface area contributed by atoms with Gasteiger partial charge in [0.15, 0.2) is 0 Å². The minimum absolute atomic E-state index is 0.619. The maximum absolute atomic E-state index is 4.48. The zero-order valence-electron chi connectivity index (χ0n) is 7.79. The van der Waals surface area contributed by atoms with Crippen LogP contribution in [0.3, 0.4) is 0 Å². The van der Waals surface area contributed by atoms with Gasteiger partial charge in [0.2, 0.25) is 0 Å². The van der Waals surface area contributed by atoms with Crippen molar-refractivity contribution in [2.75, 3.05) is 0 Å². The zero-order valence-corrected chi connectivity index (χ0v) is 7.79. The largest absolute Gasteiger partial charge is 0.265 e. The first-order valence-corrected chi connectivity index (χ1v) is 5.12. The minimum atomic E-state index is 0.619. The Kier molecular flexibility index (Phi) is 2.29. The van der Waals surface area contributed by atoms with Crippen LogP contribution in [0.4, 0.5) is 0 Å². The van der Waals surface area contributed by atoms with Crippen LogP contribution < -0.4 is 0 Å². The molecule has 0 N–H and O–H groups in total. The van der Waals surface area contributed by atoms with Crippen LogP contribution in [0.25, 0.3) is 0 Å². The molecule has 1 unspecified atom stereocenters. The maximum Gasteiger partial charge on any atom is 0.0276 e. The molecule has 0 spiro atoms. The van der Waals surface area contributed by atoms with E-state index in [-0.39, 0.29) is 0 Å². The van der Waals surface area contributed by atoms with Gasteiger partial charge in [-0.25, -0.2) is 0 Å². The first-order chi connectivity index (χ1) is 5.88. The van der Waals surface area contributed by atoms with Crippen LogP contribution in [0.1, 0.15) is 39.0 Å². The van der Waals surface area contributed by atoms with Gasteiger partial charge in [0, 0.05) is 17.8 Å². The first kappa shape index (κ1) is 8.03. The zero-order chi connectivity index (χ0) is 8.39. The van der Waals surface area contributed by atoms with E-state index in [1.165, 1.54) is 37.8 Å². The number of hydrogen-bond acceptors (Lipinski definition) is 1. The summed E-state index contributed by atoms with van der Waals surface area (Å²) in [5, 5.41) is 0. The van der Waals surface area contributed by atoms with E-state index >= 15 is 0 Å². The third-order valence-electron chi connectivity index (χ3n) is 3.09. The van der Waals surface area contributed by atoms with Gasteiger partial charge in [-0.3, -0.25) is 4.99 Å². The van der Waals surface area contributed by atoms with E-state index < -0.39 is 0 Å². The fraction of sp³-hybridized carbons (Fsp3) is 0.727. The Balaban J connectivity index is 1.99. The highest BCUT2D eigenvalue weighted by Gasteiger charge is 2.23. The summed E-state index contributed by atoms with van der Waals surface area (Å²) in [7, 11) is 0. The second-order valence-electron chi connectivity index (χ2n) is 4.02. The maximum atomic E-state index is 4.48. The van der Waals surface area contributed by atoms with Crippen molar-refractivity contribution in [2.24, 2.45) is 16.8 Å². The lowest BCUT2D eigenvalue weighted by atomic mass is 9.82. The van der Waals surface area contributed by atoms with Gasteiger partial charge < -0.3 is 0 Å². The van der Waals surface area contributed by atoms with Gasteiger partial charge in [-0.05, 0) is 18.8 Å². The summed E-state index contributed by atoms with van der Waals surface area (Å²) in [6, 6.07) is 0. The second kappa shape index (κ2) is 3.42. The molecule has 0 bridgehead atoms. The molecule has 1 aliphatic carbocycles. The van der Waals surface area contributed by atoms with Crippen LogP contribution in [0.2, 0.25) is 0 Å². The molecule has 0 aromatic rings. The molecular weight excluding hydrogens is 146 g/mol. The van der Waals surface area contributed by atoms with Crippen LogP contribution in [0.15, 0.2) is 17.3 Å². The van der Waals surface area contributed by atoms with Crippen molar-refractivity contribution in [3.8, 4) is 0 Å². The van der Waals surface area contributed by atoms with Crippen LogP contribution >= 0.6 is 0 Å². The summed E-state index contributed by atoms with van der Waals surface area (Å²) in [4.78, 5) is 4.48. The fourth-order valence-corrected chi connectivity index (χ4v) is 2.35. The molecule has 1 saturated carbocycles. The van der Waals surface area contributed by atoms with Gasteiger partial charge in [0.05, 0.1) is 0 Å². The van der Waals surface area contributed by atoms with Crippen molar-refractivity contribution in [3.05, 3.63) is 12.3 Å². The third kappa shape index (κ3) is 1.45. The molecule has 1 nitrogen and oxygen atoms in total. The number of hydrogen-bond donors (Lipinski definition) is 0. The summed E-state index contributed by atoms with van der Waals surface area (Å²) in [6.45, 7) is 2.26. The molecule has 1 atom stereocenters. The first-order valence-electron chi connectivity index (χ1n) is 5.12. The standard InChI is InChI=1S/C11H17N/c1-9-7-8-12-11(9)10-5-3-2-4-6-10/h7-10H,2-6H2,1H3. The molecule has 0 amide bonds. The van der Waals surface area contributed by atoms with Crippen molar-refractivity contribution in [1.29, 1.82) is 0 Å². The average Bonchev–Trinajstić information content (AvgIpc) is 2.53. The van der Waals surface area contributed by atoms with Crippen LogP contribution in [-0.2, 0) is 0 Å². The highest BCUT2D eigenvalue weighted by Crippen LogP contribution is 2.29. The topological polar surface area (TPSA) is 12.4 Å². The summed E-state index contributed by atoms with van der Waals surface area (Å²) in [5.41, 5.74) is 1.45. The fourth-order valence-electron chi connectivity index (χ4n) is 2.35. The molecule has 2 rings (SSSR count). The van der Waals surface area contributed by atoms with Gasteiger partial charge >= 0.3 is 0 Å². The number of nitrogens with zero attached hydrogens (tertiary/aromatic N) is 1. The average molecular weight is 163 g/mol. The number of rotatable bonds is 1. The lowest BCUT2D eigenvalue weighted by Crippen LogP contribution is -2.21. The van der Waals surface area contributed by atoms with Gasteiger partial charge in [-0.2, -0.15) is 0 Å². The van der Waals surface area contributed by atoms with Crippen molar-refractivity contribution in [1.82, 2.24) is 0 Å². The van der Waals surface area contributed by atoms with Crippen molar-refractivity contribution < 1.29 is 0 Å². The van der Waals surface area contributed by atoms with E-state index in [2.05, 4.69) is 18.0 Å². The SMILES string of the molecule is CC1C=CN=C1C1CCCCC1. The van der Waals surface area contributed by atoms with Crippen molar-refractivity contribution >= 4 is 5.71 Å². The molecular formula is C11H17N. The van der Waals surface area contributed by atoms with Gasteiger partial charge in [-0.15, -0.1) is 0 Å². The predicted octanol–water partition coefficient (Wildman–Crippen LogP) is 3.17. The summed E-state index contributed by atoms with van der Waals surface area (Å²) < 4.78 is 0. The van der Waals surface area contributed by atoms with E-state index in [4.69, 9.17) is 0 Å². The van der Waals surface area contributed by atoms with E-state index in [9.17, 15) is 0 Å². The molecule has 1 aliphatic heterocycles. The normalized spacial score (nSPS) is 30.8. The lowest BCUT2D eigenvalue weighted by Gasteiger charge is -2.23. The predicted molar refractivity (Wildman–Crippen MR) is 52.3 cm³/mol. The summed E-state index contributed by atoms with van der Waals surface area (Å²) in [5.74, 6) is 1.43. The Morgan fingerprint density at radius 1 is 1.25 bits per heavy atom. The minimum Gasteiger partial charge on any atom is -0.265 e. The quantitative estimate of drug-likeness (QED) is 0.563. The molecule has 0 saturated heterocycles. The molecule has 0 radical (unpaired) electrons. The van der Waals surface area contributed by atoms with Crippen LogP contribution in [-0.4, -0.2) is 5.71 Å². The van der Waals surface area contributed by atoms with Gasteiger partial charge in [-0.1, -0.05) is 32.3 Å². The monoisotopic (exact) mass is 163 g/mol. The molecule has 1 heteroatoms. The van der Waals surface area contributed by atoms with Crippen LogP contribution in [0.5, 0.6) is 0 Å². The molecule has 12 heavy (non-hydrogen) atoms. The third-order valence-corrected chi connectivity index (χ3v) is 3.09. The van der Waals surface area contributed by atoms with Crippen molar-refractivity contribution in [3.63, 3.8) is 0 Å². The van der Waals surface area contributed by atoms with E-state index in [1.807, 2.05) is 6.20 Å². The highest BCUT2D eigenvalue weighted by atomic mass is 14.7. The van der Waals surface area contributed by atoms with Gasteiger partial charge in [0.1, 0.15) is 0 Å². The molecule has 66 valence electrons. The Morgan fingerprint density at radius 2 is 2.00 bits per heavy atom. The van der Waals surface area contributed by atoms with E-state index in [1.54, 1.807) is 0 Å². The summed E-state index contributed by atoms with van der Waals surface area (Å²) in [6.07, 6.45) is 11.2. The van der Waals surface area contributed by atoms with Crippen molar-refractivity contribution in [2.45, 2.75) is 39.0 Å².